The fourth-order valence-corrected chi connectivity index (χ4v) is 6.41. The second-order valence-corrected chi connectivity index (χ2v) is 11.7. The first-order chi connectivity index (χ1) is 21.0. The van der Waals surface area contributed by atoms with E-state index in [-0.39, 0.29) is 22.3 Å². The predicted octanol–water partition coefficient (Wildman–Crippen LogP) is 6.57. The van der Waals surface area contributed by atoms with E-state index in [1.54, 1.807) is 48.5 Å². The summed E-state index contributed by atoms with van der Waals surface area (Å²) in [5.41, 5.74) is 2.79. The summed E-state index contributed by atoms with van der Waals surface area (Å²) >= 11 is 2.54. The maximum atomic E-state index is 13.5. The van der Waals surface area contributed by atoms with Crippen molar-refractivity contribution in [2.24, 2.45) is 0 Å². The van der Waals surface area contributed by atoms with Gasteiger partial charge in [0.25, 0.3) is 5.78 Å². The van der Waals surface area contributed by atoms with Gasteiger partial charge in [-0.1, -0.05) is 77.7 Å². The average Bonchev–Trinajstić information content (AvgIpc) is 3.62. The van der Waals surface area contributed by atoms with E-state index in [1.807, 2.05) is 30.3 Å². The minimum Gasteiger partial charge on any atom is -0.507 e. The molecule has 0 radical (unpaired) electrons. The first-order valence-corrected chi connectivity index (χ1v) is 15.0. The molecule has 2 aromatic heterocycles. The summed E-state index contributed by atoms with van der Waals surface area (Å²) < 4.78 is 19.8. The van der Waals surface area contributed by atoms with E-state index < -0.39 is 17.7 Å². The number of thioether (sulfide) groups is 1. The molecule has 1 N–H and O–H groups in total. The number of halogens is 1. The molecule has 1 fully saturated rings. The first-order valence-electron chi connectivity index (χ1n) is 13.2. The minimum absolute atomic E-state index is 0.0649. The number of carbonyl (C=O) groups excluding carboxylic acids is 2. The van der Waals surface area contributed by atoms with Crippen LogP contribution in [0.5, 0.6) is 5.75 Å². The Balaban J connectivity index is 1.32. The number of anilines is 1. The molecule has 214 valence electrons. The number of pyridine rings is 1. The smallest absolute Gasteiger partial charge is 0.301 e. The largest absolute Gasteiger partial charge is 0.507 e. The molecule has 0 saturated carbocycles. The molecule has 1 atom stereocenters. The van der Waals surface area contributed by atoms with Gasteiger partial charge < -0.3 is 9.84 Å². The highest BCUT2D eigenvalue weighted by Crippen LogP contribution is 2.44. The summed E-state index contributed by atoms with van der Waals surface area (Å²) in [5, 5.41) is 19.9. The van der Waals surface area contributed by atoms with Gasteiger partial charge in [0.1, 0.15) is 23.9 Å². The van der Waals surface area contributed by atoms with Crippen molar-refractivity contribution in [2.45, 2.75) is 22.7 Å². The maximum absolute atomic E-state index is 13.5. The molecule has 3 aromatic carbocycles. The van der Waals surface area contributed by atoms with Crippen LogP contribution in [0.15, 0.2) is 113 Å². The van der Waals surface area contributed by atoms with Crippen LogP contribution in [0.2, 0.25) is 0 Å². The number of amides is 1. The van der Waals surface area contributed by atoms with Crippen molar-refractivity contribution < 1.29 is 23.8 Å². The molecule has 1 saturated heterocycles. The van der Waals surface area contributed by atoms with Crippen LogP contribution in [0.3, 0.4) is 0 Å². The Morgan fingerprint density at radius 1 is 0.907 bits per heavy atom. The topological polar surface area (TPSA) is 106 Å². The van der Waals surface area contributed by atoms with Gasteiger partial charge >= 0.3 is 5.91 Å². The lowest BCUT2D eigenvalue weighted by Gasteiger charge is -2.22. The maximum Gasteiger partial charge on any atom is 0.301 e. The van der Waals surface area contributed by atoms with Crippen LogP contribution in [-0.4, -0.2) is 32.0 Å². The van der Waals surface area contributed by atoms with E-state index in [2.05, 4.69) is 15.2 Å². The number of aliphatic hydroxyl groups excluding tert-OH is 1. The third-order valence-electron chi connectivity index (χ3n) is 6.72. The number of nitrogens with zero attached hydrogens (tertiary/aromatic N) is 4. The monoisotopic (exact) mass is 610 g/mol. The fraction of sp³-hybridized carbons (Fsp3) is 0.0938. The number of hydrogen-bond acceptors (Lipinski definition) is 9. The van der Waals surface area contributed by atoms with Gasteiger partial charge in [-0.05, 0) is 53.1 Å². The van der Waals surface area contributed by atoms with Crippen molar-refractivity contribution in [1.82, 2.24) is 15.2 Å². The van der Waals surface area contributed by atoms with Gasteiger partial charge in [-0.25, -0.2) is 4.39 Å². The molecule has 1 amide bonds. The minimum atomic E-state index is -0.959. The molecule has 0 bridgehead atoms. The van der Waals surface area contributed by atoms with Gasteiger partial charge in [-0.2, -0.15) is 0 Å². The third-order valence-corrected chi connectivity index (χ3v) is 8.85. The number of aromatic nitrogens is 3. The molecule has 43 heavy (non-hydrogen) atoms. The van der Waals surface area contributed by atoms with Gasteiger partial charge in [0, 0.05) is 23.7 Å². The van der Waals surface area contributed by atoms with Gasteiger partial charge in [0.15, 0.2) is 4.34 Å². The molecular weight excluding hydrogens is 588 g/mol. The van der Waals surface area contributed by atoms with Crippen LogP contribution in [0.4, 0.5) is 9.52 Å². The van der Waals surface area contributed by atoms with Gasteiger partial charge in [0.05, 0.1) is 11.6 Å². The van der Waals surface area contributed by atoms with Gasteiger partial charge in [-0.3, -0.25) is 19.5 Å². The molecule has 0 spiro atoms. The predicted molar refractivity (Wildman–Crippen MR) is 162 cm³/mol. The lowest BCUT2D eigenvalue weighted by Crippen LogP contribution is -2.29. The zero-order chi connectivity index (χ0) is 29.8. The summed E-state index contributed by atoms with van der Waals surface area (Å²) in [7, 11) is 0. The first kappa shape index (κ1) is 28.3. The Kier molecular flexibility index (Phi) is 8.25. The summed E-state index contributed by atoms with van der Waals surface area (Å²) in [6.45, 7) is 0.379. The van der Waals surface area contributed by atoms with Crippen molar-refractivity contribution in [2.75, 3.05) is 4.90 Å². The number of carbonyl (C=O) groups is 2. The van der Waals surface area contributed by atoms with E-state index in [1.165, 1.54) is 41.2 Å². The number of benzene rings is 3. The highest BCUT2D eigenvalue weighted by Gasteiger charge is 2.48. The van der Waals surface area contributed by atoms with Crippen LogP contribution in [0.1, 0.15) is 28.3 Å². The van der Waals surface area contributed by atoms with Crippen molar-refractivity contribution in [3.8, 4) is 5.75 Å². The third kappa shape index (κ3) is 6.18. The number of ether oxygens (including phenoxy) is 1. The van der Waals surface area contributed by atoms with E-state index in [0.29, 0.717) is 33.6 Å². The van der Waals surface area contributed by atoms with Gasteiger partial charge in [-0.15, -0.1) is 10.2 Å². The molecule has 8 nitrogen and oxygen atoms in total. The standard InChI is InChI=1S/C32H23FN4O4S2/c33-24-10-6-21(7-11-24)19-42-32-36-35-31(43-32)37-27(26(29(39)30(37)40)28(38)23-14-16-34-17-15-23)22-8-12-25(13-9-22)41-18-20-4-2-1-3-5-20/h1-17,27,38H,18-19H2. The van der Waals surface area contributed by atoms with Crippen molar-refractivity contribution in [1.29, 1.82) is 0 Å². The molecular formula is C32H23FN4O4S2. The van der Waals surface area contributed by atoms with Crippen LogP contribution in [-0.2, 0) is 21.9 Å². The lowest BCUT2D eigenvalue weighted by molar-refractivity contribution is -0.132. The van der Waals surface area contributed by atoms with Crippen molar-refractivity contribution in [3.63, 3.8) is 0 Å². The summed E-state index contributed by atoms with van der Waals surface area (Å²) in [6, 6.07) is 25.1. The van der Waals surface area contributed by atoms with Crippen molar-refractivity contribution in [3.05, 3.63) is 137 Å². The van der Waals surface area contributed by atoms with E-state index >= 15 is 0 Å². The summed E-state index contributed by atoms with van der Waals surface area (Å²) in [5.74, 6) is -1.16. The Morgan fingerprint density at radius 3 is 2.35 bits per heavy atom. The molecule has 1 unspecified atom stereocenters. The Bertz CT molecular complexity index is 1780. The van der Waals surface area contributed by atoms with Crippen LogP contribution in [0, 0.1) is 5.82 Å². The molecule has 5 aromatic rings. The molecule has 0 aliphatic carbocycles. The highest BCUT2D eigenvalue weighted by molar-refractivity contribution is 8.00. The van der Waals surface area contributed by atoms with Crippen LogP contribution in [0.25, 0.3) is 5.76 Å². The molecule has 11 heteroatoms. The Hall–Kier alpha value is -4.87. The zero-order valence-electron chi connectivity index (χ0n) is 22.5. The fourth-order valence-electron chi connectivity index (χ4n) is 4.58. The summed E-state index contributed by atoms with van der Waals surface area (Å²) in [4.78, 5) is 32.2. The van der Waals surface area contributed by atoms with E-state index in [9.17, 15) is 19.1 Å². The zero-order valence-corrected chi connectivity index (χ0v) is 24.1. The molecule has 6 rings (SSSR count). The Labute approximate surface area is 254 Å². The van der Waals surface area contributed by atoms with E-state index in [4.69, 9.17) is 4.74 Å². The quantitative estimate of drug-likeness (QED) is 0.0657. The lowest BCUT2D eigenvalue weighted by atomic mass is 9.95. The number of rotatable bonds is 9. The number of ketones is 1. The second-order valence-electron chi connectivity index (χ2n) is 9.51. The molecule has 3 heterocycles. The number of hydrogen-bond donors (Lipinski definition) is 1. The molecule has 1 aliphatic heterocycles. The van der Waals surface area contributed by atoms with Gasteiger partial charge in [0.2, 0.25) is 5.13 Å². The normalized spacial score (nSPS) is 16.0. The van der Waals surface area contributed by atoms with Crippen LogP contribution >= 0.6 is 23.1 Å². The Morgan fingerprint density at radius 2 is 1.63 bits per heavy atom. The molecule has 1 aliphatic rings. The SMILES string of the molecule is O=C1C(=O)N(c2nnc(SCc3ccc(F)cc3)s2)C(c2ccc(OCc3ccccc3)cc2)C1=C(O)c1ccncc1. The highest BCUT2D eigenvalue weighted by atomic mass is 32.2. The van der Waals surface area contributed by atoms with E-state index in [0.717, 1.165) is 22.5 Å². The van der Waals surface area contributed by atoms with Crippen LogP contribution < -0.4 is 9.64 Å². The number of aliphatic hydroxyl groups is 1. The average molecular weight is 611 g/mol. The second kappa shape index (κ2) is 12.6. The number of Topliss-reactive ketones (excluding diaryl/α,β-unsaturated/α-hetero) is 1. The van der Waals surface area contributed by atoms with Crippen molar-refractivity contribution >= 4 is 45.7 Å². The summed E-state index contributed by atoms with van der Waals surface area (Å²) in [6.07, 6.45) is 2.99.